The summed E-state index contributed by atoms with van der Waals surface area (Å²) >= 11 is 1.41. The number of hydrogen-bond acceptors (Lipinski definition) is 4. The highest BCUT2D eigenvalue weighted by atomic mass is 32.2. The van der Waals surface area contributed by atoms with Crippen LogP contribution in [0, 0.1) is 0 Å². The molecule has 1 heterocycles. The van der Waals surface area contributed by atoms with Crippen LogP contribution in [0.3, 0.4) is 0 Å². The van der Waals surface area contributed by atoms with Crippen LogP contribution in [0.25, 0.3) is 0 Å². The summed E-state index contributed by atoms with van der Waals surface area (Å²) in [5.74, 6) is 0. The Bertz CT molecular complexity index is 475. The van der Waals surface area contributed by atoms with E-state index >= 15 is 0 Å². The predicted molar refractivity (Wildman–Crippen MR) is 69.4 cm³/mol. The Labute approximate surface area is 106 Å². The van der Waals surface area contributed by atoms with Crippen LogP contribution < -0.4 is 5.73 Å². The molecule has 6 heteroatoms. The summed E-state index contributed by atoms with van der Waals surface area (Å²) in [6.45, 7) is 0.282. The third-order valence-corrected chi connectivity index (χ3v) is 6.45. The average molecular weight is 274 g/mol. The second-order valence-electron chi connectivity index (χ2n) is 4.37. The van der Waals surface area contributed by atoms with Crippen LogP contribution in [-0.2, 0) is 16.6 Å². The Morgan fingerprint density at radius 3 is 2.71 bits per heavy atom. The van der Waals surface area contributed by atoms with E-state index in [0.717, 1.165) is 30.6 Å². The van der Waals surface area contributed by atoms with E-state index in [-0.39, 0.29) is 12.6 Å². The predicted octanol–water partition coefficient (Wildman–Crippen LogP) is 1.77. The summed E-state index contributed by atoms with van der Waals surface area (Å²) in [5, 5.41) is 1.79. The van der Waals surface area contributed by atoms with Gasteiger partial charge in [0.15, 0.2) is 0 Å². The van der Waals surface area contributed by atoms with E-state index in [4.69, 9.17) is 5.73 Å². The highest BCUT2D eigenvalue weighted by molar-refractivity contribution is 7.89. The third-order valence-electron chi connectivity index (χ3n) is 3.39. The Kier molecular flexibility index (Phi) is 3.87. The molecule has 2 rings (SSSR count). The van der Waals surface area contributed by atoms with Crippen LogP contribution in [0.5, 0.6) is 0 Å². The van der Waals surface area contributed by atoms with Gasteiger partial charge in [-0.1, -0.05) is 12.8 Å². The van der Waals surface area contributed by atoms with Crippen molar-refractivity contribution in [3.63, 3.8) is 0 Å². The number of thiophene rings is 1. The second kappa shape index (κ2) is 5.06. The van der Waals surface area contributed by atoms with E-state index in [2.05, 4.69) is 0 Å². The fraction of sp³-hybridized carbons (Fsp3) is 0.636. The number of sulfonamides is 1. The largest absolute Gasteiger partial charge is 0.326 e. The van der Waals surface area contributed by atoms with Crippen molar-refractivity contribution in [3.8, 4) is 0 Å². The van der Waals surface area contributed by atoms with Crippen LogP contribution in [0.4, 0.5) is 0 Å². The molecule has 2 N–H and O–H groups in total. The zero-order valence-electron chi connectivity index (χ0n) is 9.93. The minimum absolute atomic E-state index is 0.158. The van der Waals surface area contributed by atoms with E-state index < -0.39 is 10.0 Å². The fourth-order valence-corrected chi connectivity index (χ4v) is 5.05. The molecule has 1 aliphatic rings. The molecular weight excluding hydrogens is 256 g/mol. The summed E-state index contributed by atoms with van der Waals surface area (Å²) in [6.07, 6.45) is 4.19. The van der Waals surface area contributed by atoms with Gasteiger partial charge in [0.1, 0.15) is 0 Å². The van der Waals surface area contributed by atoms with E-state index in [0.29, 0.717) is 4.90 Å². The summed E-state index contributed by atoms with van der Waals surface area (Å²) in [5.41, 5.74) is 5.57. The van der Waals surface area contributed by atoms with Crippen molar-refractivity contribution < 1.29 is 8.42 Å². The number of rotatable bonds is 4. The molecular formula is C11H18N2O2S2. The first-order chi connectivity index (χ1) is 8.07. The lowest BCUT2D eigenvalue weighted by Gasteiger charge is -2.23. The molecule has 0 bridgehead atoms. The molecule has 1 aliphatic carbocycles. The summed E-state index contributed by atoms with van der Waals surface area (Å²) in [6, 6.07) is 1.82. The molecule has 0 aliphatic heterocycles. The molecule has 4 nitrogen and oxygen atoms in total. The van der Waals surface area contributed by atoms with Crippen molar-refractivity contribution in [1.29, 1.82) is 0 Å². The Morgan fingerprint density at radius 1 is 1.47 bits per heavy atom. The highest BCUT2D eigenvalue weighted by Gasteiger charge is 2.31. The second-order valence-corrected chi connectivity index (χ2v) is 7.34. The zero-order chi connectivity index (χ0) is 12.5. The van der Waals surface area contributed by atoms with Gasteiger partial charge in [-0.2, -0.15) is 4.31 Å². The molecule has 1 aromatic rings. The lowest BCUT2D eigenvalue weighted by molar-refractivity contribution is 0.373. The highest BCUT2D eigenvalue weighted by Crippen LogP contribution is 2.30. The molecule has 0 radical (unpaired) electrons. The maximum Gasteiger partial charge on any atom is 0.244 e. The molecule has 0 spiro atoms. The Balaban J connectivity index is 2.29. The third kappa shape index (κ3) is 2.40. The lowest BCUT2D eigenvalue weighted by Crippen LogP contribution is -2.35. The minimum atomic E-state index is -3.36. The fourth-order valence-electron chi connectivity index (χ4n) is 2.33. The maximum atomic E-state index is 12.4. The van der Waals surface area contributed by atoms with Gasteiger partial charge in [0.2, 0.25) is 10.0 Å². The first kappa shape index (κ1) is 13.0. The van der Waals surface area contributed by atoms with Gasteiger partial charge < -0.3 is 5.73 Å². The van der Waals surface area contributed by atoms with Gasteiger partial charge in [0.25, 0.3) is 0 Å². The average Bonchev–Trinajstić information content (AvgIpc) is 2.98. The van der Waals surface area contributed by atoms with Gasteiger partial charge in [-0.05, 0) is 24.3 Å². The normalized spacial score (nSPS) is 18.1. The van der Waals surface area contributed by atoms with Crippen molar-refractivity contribution in [2.75, 3.05) is 7.05 Å². The number of hydrogen-bond donors (Lipinski definition) is 1. The maximum absolute atomic E-state index is 12.4. The SMILES string of the molecule is CN(C1CCCC1)S(=O)(=O)c1ccsc1CN. The van der Waals surface area contributed by atoms with Crippen LogP contribution in [0.15, 0.2) is 16.3 Å². The van der Waals surface area contributed by atoms with Crippen molar-refractivity contribution in [3.05, 3.63) is 16.3 Å². The molecule has 0 saturated heterocycles. The Hall–Kier alpha value is -0.430. The van der Waals surface area contributed by atoms with E-state index in [1.165, 1.54) is 15.6 Å². The smallest absolute Gasteiger partial charge is 0.244 e. The van der Waals surface area contributed by atoms with Crippen LogP contribution in [0.1, 0.15) is 30.6 Å². The molecule has 17 heavy (non-hydrogen) atoms. The van der Waals surface area contributed by atoms with Gasteiger partial charge in [-0.25, -0.2) is 8.42 Å². The van der Waals surface area contributed by atoms with Crippen molar-refractivity contribution in [1.82, 2.24) is 4.31 Å². The molecule has 0 atom stereocenters. The molecule has 0 aromatic carbocycles. The van der Waals surface area contributed by atoms with Crippen molar-refractivity contribution >= 4 is 21.4 Å². The molecule has 1 saturated carbocycles. The quantitative estimate of drug-likeness (QED) is 0.910. The molecule has 1 fully saturated rings. The van der Waals surface area contributed by atoms with E-state index in [9.17, 15) is 8.42 Å². The zero-order valence-corrected chi connectivity index (χ0v) is 11.6. The topological polar surface area (TPSA) is 63.4 Å². The first-order valence-electron chi connectivity index (χ1n) is 5.82. The molecule has 1 aromatic heterocycles. The molecule has 0 amide bonds. The van der Waals surface area contributed by atoms with Crippen LogP contribution in [0.2, 0.25) is 0 Å². The van der Waals surface area contributed by atoms with Crippen LogP contribution >= 0.6 is 11.3 Å². The summed E-state index contributed by atoms with van der Waals surface area (Å²) in [4.78, 5) is 1.13. The molecule has 0 unspecified atom stereocenters. The first-order valence-corrected chi connectivity index (χ1v) is 8.14. The van der Waals surface area contributed by atoms with Gasteiger partial charge in [0.05, 0.1) is 4.90 Å². The van der Waals surface area contributed by atoms with Gasteiger partial charge in [-0.15, -0.1) is 11.3 Å². The number of nitrogens with two attached hydrogens (primary N) is 1. The standard InChI is InChI=1S/C11H18N2O2S2/c1-13(9-4-2-3-5-9)17(14,15)11-6-7-16-10(11)8-12/h6-7,9H,2-5,8,12H2,1H3. The van der Waals surface area contributed by atoms with Crippen molar-refractivity contribution in [2.24, 2.45) is 5.73 Å². The van der Waals surface area contributed by atoms with Crippen molar-refractivity contribution in [2.45, 2.75) is 43.2 Å². The van der Waals surface area contributed by atoms with E-state index in [1.54, 1.807) is 18.5 Å². The minimum Gasteiger partial charge on any atom is -0.326 e. The lowest BCUT2D eigenvalue weighted by atomic mass is 10.3. The molecule has 96 valence electrons. The van der Waals surface area contributed by atoms with Crippen LogP contribution in [-0.4, -0.2) is 25.8 Å². The monoisotopic (exact) mass is 274 g/mol. The van der Waals surface area contributed by atoms with Gasteiger partial charge in [-0.3, -0.25) is 0 Å². The van der Waals surface area contributed by atoms with E-state index in [1.807, 2.05) is 0 Å². The van der Waals surface area contributed by atoms with Gasteiger partial charge >= 0.3 is 0 Å². The summed E-state index contributed by atoms with van der Waals surface area (Å²) < 4.78 is 26.4. The number of nitrogens with zero attached hydrogens (tertiary/aromatic N) is 1. The Morgan fingerprint density at radius 2 is 2.12 bits per heavy atom. The van der Waals surface area contributed by atoms with Gasteiger partial charge in [0, 0.05) is 24.5 Å². The summed E-state index contributed by atoms with van der Waals surface area (Å²) in [7, 11) is -1.67.